The average molecular weight is 280 g/mol. The van der Waals surface area contributed by atoms with Gasteiger partial charge in [-0.3, -0.25) is 0 Å². The van der Waals surface area contributed by atoms with Gasteiger partial charge in [0.05, 0.1) is 7.11 Å². The summed E-state index contributed by atoms with van der Waals surface area (Å²) in [4.78, 5) is 0. The number of alkyl halides is 2. The largest absolute Gasteiger partial charge is 0.497 e. The predicted octanol–water partition coefficient (Wildman–Crippen LogP) is 2.90. The predicted molar refractivity (Wildman–Crippen MR) is 58.3 cm³/mol. The Balaban J connectivity index is 3.11. The fourth-order valence-electron chi connectivity index (χ4n) is 1.23. The van der Waals surface area contributed by atoms with E-state index in [1.54, 1.807) is 12.1 Å². The quantitative estimate of drug-likeness (QED) is 0.920. The van der Waals surface area contributed by atoms with Gasteiger partial charge in [-0.15, -0.1) is 0 Å². The number of nitrogens with two attached hydrogens (primary N) is 1. The molecule has 0 aliphatic heterocycles. The maximum Gasteiger partial charge on any atom is 0.275 e. The molecule has 2 nitrogen and oxygen atoms in total. The number of hydrogen-bond donors (Lipinski definition) is 1. The highest BCUT2D eigenvalue weighted by Gasteiger charge is 2.32. The van der Waals surface area contributed by atoms with Gasteiger partial charge in [-0.2, -0.15) is 0 Å². The Labute approximate surface area is 95.5 Å². The van der Waals surface area contributed by atoms with E-state index in [1.807, 2.05) is 0 Å². The normalized spacial score (nSPS) is 11.5. The van der Waals surface area contributed by atoms with Gasteiger partial charge in [0.2, 0.25) is 0 Å². The van der Waals surface area contributed by atoms with Gasteiger partial charge in [-0.1, -0.05) is 15.9 Å². The monoisotopic (exact) mass is 279 g/mol. The fourth-order valence-corrected chi connectivity index (χ4v) is 1.76. The van der Waals surface area contributed by atoms with Crippen molar-refractivity contribution in [2.75, 3.05) is 13.7 Å². The molecular weight excluding hydrogens is 268 g/mol. The third-order valence-corrected chi connectivity index (χ3v) is 2.72. The Kier molecular flexibility index (Phi) is 4.04. The minimum atomic E-state index is -2.93. The van der Waals surface area contributed by atoms with Crippen LogP contribution >= 0.6 is 15.9 Å². The van der Waals surface area contributed by atoms with E-state index in [9.17, 15) is 8.78 Å². The fraction of sp³-hybridized carbons (Fsp3) is 0.400. The van der Waals surface area contributed by atoms with E-state index in [0.717, 1.165) is 0 Å². The van der Waals surface area contributed by atoms with E-state index in [4.69, 9.17) is 10.5 Å². The zero-order chi connectivity index (χ0) is 11.5. The van der Waals surface area contributed by atoms with Crippen molar-refractivity contribution >= 4 is 15.9 Å². The molecule has 0 unspecified atom stereocenters. The molecule has 84 valence electrons. The molecule has 0 amide bonds. The van der Waals surface area contributed by atoms with E-state index < -0.39 is 5.92 Å². The maximum absolute atomic E-state index is 13.6. The van der Waals surface area contributed by atoms with E-state index in [1.165, 1.54) is 13.2 Å². The molecule has 0 bridgehead atoms. The number of benzene rings is 1. The van der Waals surface area contributed by atoms with Crippen LogP contribution in [0.3, 0.4) is 0 Å². The van der Waals surface area contributed by atoms with Crippen LogP contribution in [0.15, 0.2) is 22.7 Å². The molecule has 5 heteroatoms. The standard InChI is InChI=1S/C10H12BrF2NO/c1-15-7-2-3-9(11)8(6-7)10(12,13)4-5-14/h2-3,6H,4-5,14H2,1H3. The summed E-state index contributed by atoms with van der Waals surface area (Å²) in [6, 6.07) is 4.48. The summed E-state index contributed by atoms with van der Waals surface area (Å²) < 4.78 is 32.4. The summed E-state index contributed by atoms with van der Waals surface area (Å²) in [7, 11) is 1.44. The van der Waals surface area contributed by atoms with E-state index >= 15 is 0 Å². The van der Waals surface area contributed by atoms with Crippen molar-refractivity contribution in [2.45, 2.75) is 12.3 Å². The van der Waals surface area contributed by atoms with E-state index in [2.05, 4.69) is 15.9 Å². The van der Waals surface area contributed by atoms with Gasteiger partial charge in [-0.25, -0.2) is 8.78 Å². The molecule has 0 heterocycles. The molecule has 0 aromatic heterocycles. The lowest BCUT2D eigenvalue weighted by Crippen LogP contribution is -2.19. The highest BCUT2D eigenvalue weighted by atomic mass is 79.9. The molecule has 0 aliphatic carbocycles. The van der Waals surface area contributed by atoms with Crippen molar-refractivity contribution in [3.63, 3.8) is 0 Å². The van der Waals surface area contributed by atoms with Crippen LogP contribution in [0.5, 0.6) is 5.75 Å². The van der Waals surface area contributed by atoms with Gasteiger partial charge >= 0.3 is 0 Å². The molecule has 1 rings (SSSR count). The SMILES string of the molecule is COc1ccc(Br)c(C(F)(F)CCN)c1. The number of methoxy groups -OCH3 is 1. The van der Waals surface area contributed by atoms with Crippen LogP contribution in [0.1, 0.15) is 12.0 Å². The van der Waals surface area contributed by atoms with Crippen molar-refractivity contribution in [3.05, 3.63) is 28.2 Å². The second kappa shape index (κ2) is 4.90. The Bertz CT molecular complexity index is 344. The van der Waals surface area contributed by atoms with Crippen molar-refractivity contribution in [1.82, 2.24) is 0 Å². The Hall–Kier alpha value is -0.680. The molecule has 15 heavy (non-hydrogen) atoms. The van der Waals surface area contributed by atoms with Gasteiger partial charge < -0.3 is 10.5 Å². The Morgan fingerprint density at radius 2 is 2.13 bits per heavy atom. The summed E-state index contributed by atoms with van der Waals surface area (Å²) in [5.41, 5.74) is 5.06. The lowest BCUT2D eigenvalue weighted by molar-refractivity contribution is -0.0116. The van der Waals surface area contributed by atoms with Crippen molar-refractivity contribution < 1.29 is 13.5 Å². The minimum absolute atomic E-state index is 0.0589. The summed E-state index contributed by atoms with van der Waals surface area (Å²) in [5, 5.41) is 0. The second-order valence-electron chi connectivity index (χ2n) is 3.09. The molecule has 1 aromatic rings. The number of halogens is 3. The third-order valence-electron chi connectivity index (χ3n) is 2.03. The maximum atomic E-state index is 13.6. The summed E-state index contributed by atoms with van der Waals surface area (Å²) in [5.74, 6) is -2.52. The average Bonchev–Trinajstić information content (AvgIpc) is 2.18. The molecule has 0 radical (unpaired) electrons. The topological polar surface area (TPSA) is 35.2 Å². The zero-order valence-electron chi connectivity index (χ0n) is 8.27. The molecule has 0 spiro atoms. The first-order valence-corrected chi connectivity index (χ1v) is 5.22. The lowest BCUT2D eigenvalue weighted by Gasteiger charge is -2.18. The van der Waals surface area contributed by atoms with E-state index in [0.29, 0.717) is 10.2 Å². The number of hydrogen-bond acceptors (Lipinski definition) is 2. The second-order valence-corrected chi connectivity index (χ2v) is 3.94. The smallest absolute Gasteiger partial charge is 0.275 e. The molecular formula is C10H12BrF2NO. The van der Waals surface area contributed by atoms with Crippen LogP contribution in [0.2, 0.25) is 0 Å². The van der Waals surface area contributed by atoms with Crippen LogP contribution in [-0.2, 0) is 5.92 Å². The molecule has 0 saturated carbocycles. The van der Waals surface area contributed by atoms with Gasteiger partial charge in [0.25, 0.3) is 5.92 Å². The molecule has 0 aliphatic rings. The Morgan fingerprint density at radius 3 is 2.67 bits per heavy atom. The van der Waals surface area contributed by atoms with E-state index in [-0.39, 0.29) is 18.5 Å². The molecule has 1 aromatic carbocycles. The van der Waals surface area contributed by atoms with Gasteiger partial charge in [-0.05, 0) is 24.7 Å². The highest BCUT2D eigenvalue weighted by Crippen LogP contribution is 2.37. The Morgan fingerprint density at radius 1 is 1.47 bits per heavy atom. The summed E-state index contributed by atoms with van der Waals surface area (Å²) >= 11 is 3.09. The molecule has 0 fully saturated rings. The van der Waals surface area contributed by atoms with Crippen molar-refractivity contribution in [2.24, 2.45) is 5.73 Å². The first kappa shape index (κ1) is 12.4. The van der Waals surface area contributed by atoms with Crippen molar-refractivity contribution in [1.29, 1.82) is 0 Å². The van der Waals surface area contributed by atoms with Crippen molar-refractivity contribution in [3.8, 4) is 5.75 Å². The van der Waals surface area contributed by atoms with Gasteiger partial charge in [0.15, 0.2) is 0 Å². The third kappa shape index (κ3) is 2.89. The lowest BCUT2D eigenvalue weighted by atomic mass is 10.1. The minimum Gasteiger partial charge on any atom is -0.497 e. The van der Waals surface area contributed by atoms with Crippen LogP contribution in [0.4, 0.5) is 8.78 Å². The van der Waals surface area contributed by atoms with Crippen LogP contribution in [0.25, 0.3) is 0 Å². The highest BCUT2D eigenvalue weighted by molar-refractivity contribution is 9.10. The molecule has 2 N–H and O–H groups in total. The summed E-state index contributed by atoms with van der Waals surface area (Å²) in [6.07, 6.45) is -0.376. The summed E-state index contributed by atoms with van der Waals surface area (Å²) in [6.45, 7) is -0.0589. The van der Waals surface area contributed by atoms with Gasteiger partial charge in [0.1, 0.15) is 5.75 Å². The van der Waals surface area contributed by atoms with Crippen LogP contribution in [0, 0.1) is 0 Å². The number of rotatable bonds is 4. The van der Waals surface area contributed by atoms with Crippen LogP contribution < -0.4 is 10.5 Å². The first-order chi connectivity index (χ1) is 7.01. The first-order valence-electron chi connectivity index (χ1n) is 4.43. The zero-order valence-corrected chi connectivity index (χ0v) is 9.85. The van der Waals surface area contributed by atoms with Gasteiger partial charge in [0, 0.05) is 16.5 Å². The molecule has 0 saturated heterocycles. The number of ether oxygens (including phenoxy) is 1. The molecule has 0 atom stereocenters. The van der Waals surface area contributed by atoms with Crippen LogP contribution in [-0.4, -0.2) is 13.7 Å².